The summed E-state index contributed by atoms with van der Waals surface area (Å²) < 4.78 is 0. The van der Waals surface area contributed by atoms with Gasteiger partial charge in [0, 0.05) is 5.56 Å². The summed E-state index contributed by atoms with van der Waals surface area (Å²) in [4.78, 5) is 0. The van der Waals surface area contributed by atoms with E-state index in [0.29, 0.717) is 12.0 Å². The fourth-order valence-corrected chi connectivity index (χ4v) is 1.39. The Kier molecular flexibility index (Phi) is 3.49. The van der Waals surface area contributed by atoms with Gasteiger partial charge >= 0.3 is 0 Å². The highest BCUT2D eigenvalue weighted by Crippen LogP contribution is 2.19. The highest BCUT2D eigenvalue weighted by molar-refractivity contribution is 5.25. The van der Waals surface area contributed by atoms with Crippen LogP contribution in [0.3, 0.4) is 0 Å². The number of hydrogen-bond donors (Lipinski definition) is 1. The summed E-state index contributed by atoms with van der Waals surface area (Å²) in [5, 5.41) is 0. The van der Waals surface area contributed by atoms with Crippen molar-refractivity contribution in [3.8, 4) is 0 Å². The third-order valence-corrected chi connectivity index (χ3v) is 2.69. The highest BCUT2D eigenvalue weighted by Gasteiger charge is 2.05. The Morgan fingerprint density at radius 2 is 1.54 bits per heavy atom. The fraction of sp³-hybridized carbons (Fsp3) is 0.500. The standard InChI is InChI=1S/C12H19N/c1-4-9(2)11-5-7-12(8-6-11)10(3)13/h5-10H,4,13H2,1-3H3/p+1/t9-,10-/m0/s1. The van der Waals surface area contributed by atoms with Gasteiger partial charge in [0.2, 0.25) is 0 Å². The number of hydrogen-bond acceptors (Lipinski definition) is 0. The van der Waals surface area contributed by atoms with Gasteiger partial charge in [-0.1, -0.05) is 38.1 Å². The topological polar surface area (TPSA) is 27.6 Å². The van der Waals surface area contributed by atoms with Crippen molar-refractivity contribution in [1.82, 2.24) is 0 Å². The second kappa shape index (κ2) is 4.43. The summed E-state index contributed by atoms with van der Waals surface area (Å²) in [7, 11) is 0. The van der Waals surface area contributed by atoms with E-state index >= 15 is 0 Å². The third-order valence-electron chi connectivity index (χ3n) is 2.69. The van der Waals surface area contributed by atoms with Gasteiger partial charge in [0.1, 0.15) is 6.04 Å². The minimum Gasteiger partial charge on any atom is -0.352 e. The molecule has 0 bridgehead atoms. The second-order valence-corrected chi connectivity index (χ2v) is 3.88. The van der Waals surface area contributed by atoms with Crippen molar-refractivity contribution >= 4 is 0 Å². The molecule has 0 aliphatic rings. The molecular formula is C12H20N+. The van der Waals surface area contributed by atoms with Crippen LogP contribution in [0.4, 0.5) is 0 Å². The average Bonchev–Trinajstić information content (AvgIpc) is 2.17. The molecule has 72 valence electrons. The first kappa shape index (κ1) is 10.3. The molecule has 1 nitrogen and oxygen atoms in total. The minimum absolute atomic E-state index is 0.394. The van der Waals surface area contributed by atoms with Gasteiger partial charge in [-0.15, -0.1) is 0 Å². The molecular weight excluding hydrogens is 158 g/mol. The molecule has 2 atom stereocenters. The molecule has 1 aromatic carbocycles. The van der Waals surface area contributed by atoms with Crippen LogP contribution in [0.1, 0.15) is 50.3 Å². The number of benzene rings is 1. The van der Waals surface area contributed by atoms with Gasteiger partial charge in [-0.05, 0) is 24.8 Å². The lowest BCUT2D eigenvalue weighted by Crippen LogP contribution is -2.51. The maximum absolute atomic E-state index is 4.00. The smallest absolute Gasteiger partial charge is 0.107 e. The Labute approximate surface area is 81.0 Å². The van der Waals surface area contributed by atoms with Gasteiger partial charge < -0.3 is 5.73 Å². The normalized spacial score (nSPS) is 15.4. The zero-order valence-electron chi connectivity index (χ0n) is 8.88. The first-order valence-electron chi connectivity index (χ1n) is 5.08. The minimum atomic E-state index is 0.394. The molecule has 0 aromatic heterocycles. The third kappa shape index (κ3) is 2.56. The van der Waals surface area contributed by atoms with E-state index in [0.717, 1.165) is 0 Å². The monoisotopic (exact) mass is 178 g/mol. The van der Waals surface area contributed by atoms with Crippen molar-refractivity contribution < 1.29 is 5.73 Å². The summed E-state index contributed by atoms with van der Waals surface area (Å²) in [5.41, 5.74) is 6.77. The highest BCUT2D eigenvalue weighted by atomic mass is 14.6. The van der Waals surface area contributed by atoms with Gasteiger partial charge in [0.15, 0.2) is 0 Å². The van der Waals surface area contributed by atoms with Crippen LogP contribution in [0.5, 0.6) is 0 Å². The SMILES string of the molecule is CC[C@H](C)c1ccc([C@H](C)[NH3+])cc1. The van der Waals surface area contributed by atoms with E-state index in [1.807, 2.05) is 0 Å². The van der Waals surface area contributed by atoms with Gasteiger partial charge in [0.05, 0.1) is 0 Å². The lowest BCUT2D eigenvalue weighted by Gasteiger charge is -2.09. The Hall–Kier alpha value is -0.820. The molecule has 0 spiro atoms. The van der Waals surface area contributed by atoms with E-state index in [-0.39, 0.29) is 0 Å². The van der Waals surface area contributed by atoms with Crippen molar-refractivity contribution in [3.63, 3.8) is 0 Å². The molecule has 0 saturated carbocycles. The van der Waals surface area contributed by atoms with E-state index in [4.69, 9.17) is 0 Å². The summed E-state index contributed by atoms with van der Waals surface area (Å²) in [6, 6.07) is 9.24. The van der Waals surface area contributed by atoms with E-state index in [1.54, 1.807) is 0 Å². The maximum Gasteiger partial charge on any atom is 0.107 e. The number of quaternary nitrogens is 1. The van der Waals surface area contributed by atoms with Crippen LogP contribution < -0.4 is 5.73 Å². The van der Waals surface area contributed by atoms with Crippen LogP contribution in [-0.2, 0) is 0 Å². The molecule has 3 N–H and O–H groups in total. The van der Waals surface area contributed by atoms with Gasteiger partial charge in [-0.2, -0.15) is 0 Å². The van der Waals surface area contributed by atoms with E-state index < -0.39 is 0 Å². The van der Waals surface area contributed by atoms with E-state index in [1.165, 1.54) is 17.5 Å². The molecule has 0 unspecified atom stereocenters. The summed E-state index contributed by atoms with van der Waals surface area (Å²) in [6.07, 6.45) is 1.21. The Morgan fingerprint density at radius 3 is 1.92 bits per heavy atom. The number of rotatable bonds is 3. The molecule has 1 rings (SSSR count). The van der Waals surface area contributed by atoms with Crippen molar-refractivity contribution in [2.45, 2.75) is 39.2 Å². The summed E-state index contributed by atoms with van der Waals surface area (Å²) in [5.74, 6) is 0.675. The molecule has 0 amide bonds. The van der Waals surface area contributed by atoms with Crippen LogP contribution in [-0.4, -0.2) is 0 Å². The maximum atomic E-state index is 4.00. The lowest BCUT2D eigenvalue weighted by molar-refractivity contribution is -0.420. The molecule has 0 saturated heterocycles. The lowest BCUT2D eigenvalue weighted by atomic mass is 9.96. The Morgan fingerprint density at radius 1 is 1.08 bits per heavy atom. The van der Waals surface area contributed by atoms with E-state index in [2.05, 4.69) is 50.8 Å². The van der Waals surface area contributed by atoms with Crippen molar-refractivity contribution in [1.29, 1.82) is 0 Å². The van der Waals surface area contributed by atoms with Gasteiger partial charge in [-0.3, -0.25) is 0 Å². The van der Waals surface area contributed by atoms with Crippen LogP contribution in [0.25, 0.3) is 0 Å². The predicted octanol–water partition coefficient (Wildman–Crippen LogP) is 2.50. The fourth-order valence-electron chi connectivity index (χ4n) is 1.39. The molecule has 1 aromatic rings. The molecule has 0 aliphatic carbocycles. The largest absolute Gasteiger partial charge is 0.352 e. The second-order valence-electron chi connectivity index (χ2n) is 3.88. The predicted molar refractivity (Wildman–Crippen MR) is 56.5 cm³/mol. The molecule has 13 heavy (non-hydrogen) atoms. The van der Waals surface area contributed by atoms with Crippen molar-refractivity contribution in [2.75, 3.05) is 0 Å². The van der Waals surface area contributed by atoms with Crippen molar-refractivity contribution in [3.05, 3.63) is 35.4 Å². The van der Waals surface area contributed by atoms with Crippen LogP contribution in [0.2, 0.25) is 0 Å². The Bertz CT molecular complexity index is 248. The van der Waals surface area contributed by atoms with Gasteiger partial charge in [-0.25, -0.2) is 0 Å². The summed E-state index contributed by atoms with van der Waals surface area (Å²) >= 11 is 0. The first-order chi connectivity index (χ1) is 6.15. The average molecular weight is 178 g/mol. The van der Waals surface area contributed by atoms with Crippen molar-refractivity contribution in [2.24, 2.45) is 0 Å². The molecule has 0 fully saturated rings. The zero-order valence-corrected chi connectivity index (χ0v) is 8.88. The Balaban J connectivity index is 2.81. The van der Waals surface area contributed by atoms with Crippen LogP contribution in [0.15, 0.2) is 24.3 Å². The quantitative estimate of drug-likeness (QED) is 0.736. The molecule has 0 heterocycles. The van der Waals surface area contributed by atoms with Crippen LogP contribution in [0, 0.1) is 0 Å². The first-order valence-corrected chi connectivity index (χ1v) is 5.08. The molecule has 0 radical (unpaired) electrons. The van der Waals surface area contributed by atoms with Gasteiger partial charge in [0.25, 0.3) is 0 Å². The molecule has 1 heteroatoms. The summed E-state index contributed by atoms with van der Waals surface area (Å²) in [6.45, 7) is 6.61. The molecule has 0 aliphatic heterocycles. The van der Waals surface area contributed by atoms with E-state index in [9.17, 15) is 0 Å². The zero-order chi connectivity index (χ0) is 9.84. The van der Waals surface area contributed by atoms with Crippen LogP contribution >= 0.6 is 0 Å².